The van der Waals surface area contributed by atoms with Crippen LogP contribution in [0.25, 0.3) is 0 Å². The number of hydrogen-bond donors (Lipinski definition) is 1. The van der Waals surface area contributed by atoms with E-state index < -0.39 is 21.8 Å². The molecule has 1 amide bonds. The fourth-order valence-electron chi connectivity index (χ4n) is 0.536. The summed E-state index contributed by atoms with van der Waals surface area (Å²) in [5.41, 5.74) is 4.64. The minimum atomic E-state index is -3.69. The number of nitrogens with two attached hydrogens (primary N) is 1. The van der Waals surface area contributed by atoms with E-state index in [1.165, 1.54) is 0 Å². The number of rotatable bonds is 6. The molecule has 0 aromatic rings. The molecule has 5 nitrogen and oxygen atoms in total. The Labute approximate surface area is 108 Å². The first-order valence-electron chi connectivity index (χ1n) is 3.73. The zero-order valence-electron chi connectivity index (χ0n) is 9.45. The zero-order chi connectivity index (χ0) is 10.5. The number of amides is 1. The summed E-state index contributed by atoms with van der Waals surface area (Å²) >= 11 is 0. The average molecular weight is 231 g/mol. The van der Waals surface area contributed by atoms with Gasteiger partial charge in [0.05, 0.1) is 6.61 Å². The summed E-state index contributed by atoms with van der Waals surface area (Å²) in [5, 5.41) is 0. The van der Waals surface area contributed by atoms with Crippen molar-refractivity contribution in [1.29, 1.82) is 0 Å². The Morgan fingerprint density at radius 3 is 2.43 bits per heavy atom. The van der Waals surface area contributed by atoms with Crippen molar-refractivity contribution in [3.63, 3.8) is 0 Å². The largest absolute Gasteiger partial charge is 1.00 e. The predicted octanol–water partition coefficient (Wildman–Crippen LogP) is -3.10. The topological polar surface area (TPSA) is 86.5 Å². The molecule has 0 aromatic heterocycles. The Morgan fingerprint density at radius 1 is 1.57 bits per heavy atom. The molecule has 14 heavy (non-hydrogen) atoms. The third-order valence-corrected chi connectivity index (χ3v) is 2.39. The van der Waals surface area contributed by atoms with Gasteiger partial charge in [0.15, 0.2) is 0 Å². The van der Waals surface area contributed by atoms with Crippen LogP contribution in [0.2, 0.25) is 0 Å². The van der Waals surface area contributed by atoms with Crippen LogP contribution in [-0.2, 0) is 19.1 Å². The van der Waals surface area contributed by atoms with Crippen molar-refractivity contribution in [1.82, 2.24) is 0 Å². The molecule has 2 N–H and O–H groups in total. The van der Waals surface area contributed by atoms with E-state index in [9.17, 15) is 13.2 Å². The molecule has 0 aliphatic heterocycles. The van der Waals surface area contributed by atoms with E-state index in [-0.39, 0.29) is 43.2 Å². The smallest absolute Gasteiger partial charge is 1.00 e. The predicted molar refractivity (Wildman–Crippen MR) is 49.5 cm³/mol. The molecule has 0 aromatic carbocycles. The summed E-state index contributed by atoms with van der Waals surface area (Å²) in [7, 11) is -3.69. The van der Waals surface area contributed by atoms with E-state index >= 15 is 0 Å². The third-order valence-electron chi connectivity index (χ3n) is 1.17. The van der Waals surface area contributed by atoms with Gasteiger partial charge in [0.2, 0.25) is 5.91 Å². The molecule has 0 spiro atoms. The Bertz CT molecular complexity index is 304. The first kappa shape index (κ1) is 16.5. The average Bonchev–Trinajstić information content (AvgIpc) is 2.00. The Kier molecular flexibility index (Phi) is 8.77. The molecule has 0 saturated carbocycles. The molecule has 0 aliphatic rings. The molecule has 0 fully saturated rings. The molecule has 7 heteroatoms. The molecule has 0 unspecified atom stereocenters. The normalized spacial score (nSPS) is 10.4. The van der Waals surface area contributed by atoms with Gasteiger partial charge in [0.1, 0.15) is 5.75 Å². The van der Waals surface area contributed by atoms with Crippen molar-refractivity contribution >= 4 is 16.0 Å². The van der Waals surface area contributed by atoms with Gasteiger partial charge < -0.3 is 7.16 Å². The van der Waals surface area contributed by atoms with Gasteiger partial charge in [0, 0.05) is 5.57 Å². The molecular weight excluding hydrogens is 217 g/mol. The molecule has 78 valence electrons. The van der Waals surface area contributed by atoms with Gasteiger partial charge in [-0.2, -0.15) is 8.42 Å². The van der Waals surface area contributed by atoms with Crippen LogP contribution in [0.5, 0.6) is 0 Å². The fraction of sp³-hybridized carbons (Fsp3) is 0.571. The second kappa shape index (κ2) is 7.42. The Morgan fingerprint density at radius 2 is 2.07 bits per heavy atom. The zero-order valence-corrected chi connectivity index (χ0v) is 11.3. The summed E-state index contributed by atoms with van der Waals surface area (Å²) in [6.07, 6.45) is 0.586. The molecule has 0 heterocycles. The van der Waals surface area contributed by atoms with E-state index in [0.717, 1.165) is 0 Å². The van der Waals surface area contributed by atoms with Crippen LogP contribution in [0, 0.1) is 0 Å². The van der Waals surface area contributed by atoms with Crippen molar-refractivity contribution in [3.05, 3.63) is 12.2 Å². The summed E-state index contributed by atoms with van der Waals surface area (Å²) in [4.78, 5) is 10.5. The molecule has 0 bridgehead atoms. The van der Waals surface area contributed by atoms with Crippen LogP contribution in [0.4, 0.5) is 0 Å². The van der Waals surface area contributed by atoms with Gasteiger partial charge in [-0.1, -0.05) is 13.5 Å². The van der Waals surface area contributed by atoms with E-state index in [4.69, 9.17) is 5.73 Å². The fourth-order valence-corrected chi connectivity index (χ4v) is 1.61. The van der Waals surface area contributed by atoms with Crippen molar-refractivity contribution in [3.8, 4) is 0 Å². The Balaban J connectivity index is -0.000000720. The summed E-state index contributed by atoms with van der Waals surface area (Å²) in [6, 6.07) is 0. The molecule has 0 saturated heterocycles. The third kappa shape index (κ3) is 7.52. The number of carbonyl (C=O) groups excluding carboxylic acids is 1. The van der Waals surface area contributed by atoms with E-state index in [2.05, 4.69) is 10.8 Å². The molecule has 0 radical (unpaired) electrons. The minimum absolute atomic E-state index is 0. The molecule has 0 aliphatic carbocycles. The Hall–Kier alpha value is 0.120. The van der Waals surface area contributed by atoms with E-state index in [0.29, 0.717) is 6.42 Å². The monoisotopic (exact) mass is 231 g/mol. The van der Waals surface area contributed by atoms with Crippen LogP contribution in [0.15, 0.2) is 12.2 Å². The van der Waals surface area contributed by atoms with Gasteiger partial charge in [-0.15, -0.1) is 0 Å². The van der Waals surface area contributed by atoms with Crippen LogP contribution >= 0.6 is 0 Å². The van der Waals surface area contributed by atoms with Gasteiger partial charge in [-0.25, -0.2) is 0 Å². The van der Waals surface area contributed by atoms with Gasteiger partial charge >= 0.3 is 29.6 Å². The van der Waals surface area contributed by atoms with Crippen LogP contribution in [0.1, 0.15) is 14.8 Å². The van der Waals surface area contributed by atoms with Crippen LogP contribution in [-0.4, -0.2) is 26.7 Å². The number of primary amides is 1. The first-order chi connectivity index (χ1) is 5.89. The van der Waals surface area contributed by atoms with Crippen molar-refractivity contribution in [2.75, 3.05) is 12.4 Å². The van der Waals surface area contributed by atoms with Crippen LogP contribution < -0.4 is 35.3 Å². The number of hydrogen-bond acceptors (Lipinski definition) is 4. The number of carbonyl (C=O) groups is 1. The second-order valence-corrected chi connectivity index (χ2v) is 4.13. The second-order valence-electron chi connectivity index (χ2n) is 2.49. The van der Waals surface area contributed by atoms with Crippen molar-refractivity contribution in [2.45, 2.75) is 13.3 Å². The van der Waals surface area contributed by atoms with Gasteiger partial charge in [-0.05, 0) is 6.42 Å². The maximum absolute atomic E-state index is 11.0. The SMILES string of the molecule is C=C(CS(=O)(=O)OCCC)C(N)=O.[H-].[Na+]. The first-order valence-corrected chi connectivity index (χ1v) is 5.31. The quantitative estimate of drug-likeness (QED) is 0.298. The maximum atomic E-state index is 11.0. The summed E-state index contributed by atoms with van der Waals surface area (Å²) in [5.74, 6) is -1.37. The van der Waals surface area contributed by atoms with Crippen molar-refractivity contribution < 1.29 is 48.4 Å². The maximum Gasteiger partial charge on any atom is 1.00 e. The minimum Gasteiger partial charge on any atom is -1.00 e. The van der Waals surface area contributed by atoms with Crippen LogP contribution in [0.3, 0.4) is 0 Å². The van der Waals surface area contributed by atoms with Crippen molar-refractivity contribution in [2.24, 2.45) is 5.73 Å². The van der Waals surface area contributed by atoms with Gasteiger partial charge in [-0.3, -0.25) is 8.98 Å². The van der Waals surface area contributed by atoms with E-state index in [1.54, 1.807) is 6.92 Å². The summed E-state index contributed by atoms with van der Waals surface area (Å²) in [6.45, 7) is 5.10. The summed E-state index contributed by atoms with van der Waals surface area (Å²) < 4.78 is 26.5. The van der Waals surface area contributed by atoms with E-state index in [1.807, 2.05) is 0 Å². The molecular formula is C7H14NNaO4S. The molecule has 0 atom stereocenters. The molecule has 0 rings (SSSR count). The standard InChI is InChI=1S/C7H13NO4S.Na.H/c1-3-4-12-13(10,11)5-6(2)7(8)9;;/h2-5H2,1H3,(H2,8,9);;/q;+1;-1. The van der Waals surface area contributed by atoms with Gasteiger partial charge in [0.25, 0.3) is 10.1 Å².